The number of carbonyl (C=O) groups is 1. The number of hydrogen-bond donors (Lipinski definition) is 0. The Balaban J connectivity index is 0.000000430. The Bertz CT molecular complexity index is 943. The largest absolute Gasteiger partial charge is 1.00 e. The van der Waals surface area contributed by atoms with Gasteiger partial charge in [0.25, 0.3) is 0 Å². The molecule has 0 saturated carbocycles. The van der Waals surface area contributed by atoms with Crippen LogP contribution in [0.3, 0.4) is 0 Å². The highest BCUT2D eigenvalue weighted by Gasteiger charge is 2.41. The zero-order valence-electron chi connectivity index (χ0n) is 22.5. The number of ketones is 1. The van der Waals surface area contributed by atoms with E-state index in [1.165, 1.54) is 5.56 Å². The van der Waals surface area contributed by atoms with E-state index in [9.17, 15) is 4.79 Å². The third-order valence-corrected chi connectivity index (χ3v) is 6.31. The number of Topliss-reactive ketones (excluding diaryl/α,β-unsaturated/α-hetero) is 1. The third kappa shape index (κ3) is 8.92. The number of hydrogen-bond acceptors (Lipinski definition) is 2. The number of benzene rings is 3. The minimum absolute atomic E-state index is 0. The zero-order chi connectivity index (χ0) is 25.2. The van der Waals surface area contributed by atoms with E-state index >= 15 is 0 Å². The van der Waals surface area contributed by atoms with Crippen molar-refractivity contribution in [3.05, 3.63) is 108 Å². The molecule has 0 spiro atoms. The standard InChI is InChI=1S/C21H27NO.C10H16N.ClH/c1-5-20(23)21(16-17(2)22(3)4,18-12-8-6-9-13-18)19-14-10-7-11-15-19;1-11(2,3)9-10-7-5-4-6-8-10;/h6-15,17H,5,16H2,1-4H3;4-8H,9H2,1-3H3;1H/q;+1;/p-1. The summed E-state index contributed by atoms with van der Waals surface area (Å²) in [5.41, 5.74) is 3.00. The highest BCUT2D eigenvalue weighted by atomic mass is 35.5. The fourth-order valence-corrected chi connectivity index (χ4v) is 4.34. The molecule has 4 heteroatoms. The van der Waals surface area contributed by atoms with Crippen molar-refractivity contribution in [1.29, 1.82) is 0 Å². The lowest BCUT2D eigenvalue weighted by atomic mass is 9.67. The van der Waals surface area contributed by atoms with Gasteiger partial charge < -0.3 is 21.8 Å². The highest BCUT2D eigenvalue weighted by molar-refractivity contribution is 5.93. The Hall–Kier alpha value is -2.46. The number of rotatable bonds is 9. The van der Waals surface area contributed by atoms with Gasteiger partial charge in [0.1, 0.15) is 12.3 Å². The van der Waals surface area contributed by atoms with E-state index in [2.05, 4.69) is 102 Å². The van der Waals surface area contributed by atoms with Gasteiger partial charge in [-0.05, 0) is 38.6 Å². The summed E-state index contributed by atoms with van der Waals surface area (Å²) in [7, 11) is 10.7. The number of carbonyl (C=O) groups excluding carboxylic acids is 1. The lowest BCUT2D eigenvalue weighted by Gasteiger charge is -2.37. The van der Waals surface area contributed by atoms with Crippen LogP contribution in [0, 0.1) is 0 Å². The fourth-order valence-electron chi connectivity index (χ4n) is 4.34. The first-order chi connectivity index (χ1) is 16.1. The number of nitrogens with zero attached hydrogens (tertiary/aromatic N) is 2. The maximum absolute atomic E-state index is 13.2. The van der Waals surface area contributed by atoms with Crippen LogP contribution in [0.1, 0.15) is 43.4 Å². The van der Waals surface area contributed by atoms with Crippen LogP contribution in [0.25, 0.3) is 0 Å². The molecular weight excluding hydrogens is 452 g/mol. The van der Waals surface area contributed by atoms with Gasteiger partial charge in [-0.25, -0.2) is 0 Å². The van der Waals surface area contributed by atoms with Crippen LogP contribution in [-0.4, -0.2) is 56.4 Å². The molecule has 0 aliphatic rings. The maximum atomic E-state index is 13.2. The fraction of sp³-hybridized carbons (Fsp3) is 0.387. The first kappa shape index (κ1) is 30.6. The smallest absolute Gasteiger partial charge is 0.147 e. The quantitative estimate of drug-likeness (QED) is 0.426. The second-order valence-corrected chi connectivity index (χ2v) is 10.4. The van der Waals surface area contributed by atoms with Crippen LogP contribution >= 0.6 is 0 Å². The molecule has 35 heavy (non-hydrogen) atoms. The van der Waals surface area contributed by atoms with Crippen LogP contribution in [-0.2, 0) is 16.8 Å². The average molecular weight is 495 g/mol. The molecule has 0 saturated heterocycles. The van der Waals surface area contributed by atoms with Gasteiger partial charge in [0.05, 0.1) is 26.6 Å². The Kier molecular flexibility index (Phi) is 12.4. The van der Waals surface area contributed by atoms with Gasteiger partial charge in [-0.3, -0.25) is 4.79 Å². The van der Waals surface area contributed by atoms with Gasteiger partial charge >= 0.3 is 0 Å². The third-order valence-electron chi connectivity index (χ3n) is 6.31. The summed E-state index contributed by atoms with van der Waals surface area (Å²) in [4.78, 5) is 15.4. The summed E-state index contributed by atoms with van der Waals surface area (Å²) in [5.74, 6) is 0.281. The van der Waals surface area contributed by atoms with Crippen LogP contribution < -0.4 is 12.4 Å². The second kappa shape index (κ2) is 14.2. The first-order valence-electron chi connectivity index (χ1n) is 12.3. The molecule has 0 bridgehead atoms. The van der Waals surface area contributed by atoms with Crippen molar-refractivity contribution in [1.82, 2.24) is 4.90 Å². The molecule has 1 unspecified atom stereocenters. The molecule has 3 aromatic rings. The van der Waals surface area contributed by atoms with E-state index in [0.29, 0.717) is 12.5 Å². The molecule has 0 N–H and O–H groups in total. The van der Waals surface area contributed by atoms with Gasteiger partial charge in [-0.15, -0.1) is 0 Å². The van der Waals surface area contributed by atoms with E-state index in [1.807, 2.05) is 43.3 Å². The van der Waals surface area contributed by atoms with Crippen molar-refractivity contribution in [3.63, 3.8) is 0 Å². The van der Waals surface area contributed by atoms with Gasteiger partial charge in [0.15, 0.2) is 0 Å². The normalized spacial score (nSPS) is 12.2. The summed E-state index contributed by atoms with van der Waals surface area (Å²) in [6, 6.07) is 31.3. The van der Waals surface area contributed by atoms with Crippen LogP contribution in [0.4, 0.5) is 0 Å². The molecule has 190 valence electrons. The van der Waals surface area contributed by atoms with Crippen LogP contribution in [0.15, 0.2) is 91.0 Å². The molecule has 0 aliphatic heterocycles. The van der Waals surface area contributed by atoms with Crippen molar-refractivity contribution in [2.75, 3.05) is 35.2 Å². The molecule has 1 atom stereocenters. The van der Waals surface area contributed by atoms with E-state index in [0.717, 1.165) is 28.6 Å². The van der Waals surface area contributed by atoms with E-state index in [-0.39, 0.29) is 18.2 Å². The van der Waals surface area contributed by atoms with Crippen molar-refractivity contribution in [2.45, 2.75) is 44.7 Å². The van der Waals surface area contributed by atoms with Gasteiger partial charge in [0.2, 0.25) is 0 Å². The van der Waals surface area contributed by atoms with E-state index < -0.39 is 5.41 Å². The zero-order valence-corrected chi connectivity index (χ0v) is 23.3. The van der Waals surface area contributed by atoms with Gasteiger partial charge in [-0.1, -0.05) is 97.9 Å². The minimum atomic E-state index is -0.582. The Morgan fingerprint density at radius 3 is 1.54 bits per heavy atom. The molecular formula is C31H43ClN2O. The van der Waals surface area contributed by atoms with Crippen molar-refractivity contribution in [2.24, 2.45) is 0 Å². The van der Waals surface area contributed by atoms with Crippen LogP contribution in [0.5, 0.6) is 0 Å². The summed E-state index contributed by atoms with van der Waals surface area (Å²) >= 11 is 0. The lowest BCUT2D eigenvalue weighted by molar-refractivity contribution is -0.884. The van der Waals surface area contributed by atoms with E-state index in [1.54, 1.807) is 0 Å². The average Bonchev–Trinajstić information content (AvgIpc) is 2.83. The second-order valence-electron chi connectivity index (χ2n) is 10.4. The van der Waals surface area contributed by atoms with Gasteiger partial charge in [0, 0.05) is 18.0 Å². The Labute approximate surface area is 219 Å². The van der Waals surface area contributed by atoms with Crippen molar-refractivity contribution in [3.8, 4) is 0 Å². The molecule has 0 aromatic heterocycles. The molecule has 0 fully saturated rings. The first-order valence-corrected chi connectivity index (χ1v) is 12.3. The monoisotopic (exact) mass is 494 g/mol. The van der Waals surface area contributed by atoms with E-state index in [4.69, 9.17) is 0 Å². The number of halogens is 1. The predicted molar refractivity (Wildman–Crippen MR) is 145 cm³/mol. The summed E-state index contributed by atoms with van der Waals surface area (Å²) in [6.45, 7) is 5.24. The lowest BCUT2D eigenvalue weighted by Crippen LogP contribution is -3.00. The molecule has 3 aromatic carbocycles. The Morgan fingerprint density at radius 1 is 0.800 bits per heavy atom. The van der Waals surface area contributed by atoms with Gasteiger partial charge in [-0.2, -0.15) is 0 Å². The van der Waals surface area contributed by atoms with Crippen molar-refractivity contribution >= 4 is 5.78 Å². The summed E-state index contributed by atoms with van der Waals surface area (Å²) < 4.78 is 0.990. The Morgan fingerprint density at radius 2 is 1.20 bits per heavy atom. The topological polar surface area (TPSA) is 20.3 Å². The summed E-state index contributed by atoms with van der Waals surface area (Å²) in [6.07, 6.45) is 1.31. The minimum Gasteiger partial charge on any atom is -1.00 e. The summed E-state index contributed by atoms with van der Waals surface area (Å²) in [5, 5.41) is 0. The molecule has 3 rings (SSSR count). The molecule has 3 nitrogen and oxygen atoms in total. The SMILES string of the molecule is CCC(=O)C(CC(C)N(C)C)(c1ccccc1)c1ccccc1.C[N+](C)(C)Cc1ccccc1.[Cl-]. The predicted octanol–water partition coefficient (Wildman–Crippen LogP) is 3.19. The highest BCUT2D eigenvalue weighted by Crippen LogP contribution is 2.39. The molecule has 0 amide bonds. The molecule has 0 radical (unpaired) electrons. The maximum Gasteiger partial charge on any atom is 0.147 e. The molecule has 0 heterocycles. The molecule has 0 aliphatic carbocycles. The van der Waals surface area contributed by atoms with Crippen molar-refractivity contribution < 1.29 is 21.7 Å². The number of quaternary nitrogens is 1. The van der Waals surface area contributed by atoms with Crippen LogP contribution in [0.2, 0.25) is 0 Å².